The third-order valence-electron chi connectivity index (χ3n) is 3.85. The van der Waals surface area contributed by atoms with E-state index in [2.05, 4.69) is 33.9 Å². The van der Waals surface area contributed by atoms with Crippen LogP contribution in [0, 0.1) is 5.92 Å². The standard InChI is InChI=1S/C14H20BrClN2/c1-18(9-10-3-2-4-10)14(8-17)11-5-6-12(15)13(16)7-11/h5-7,10,14H,2-4,8-9,17H2,1H3. The number of halogens is 2. The van der Waals surface area contributed by atoms with Crippen LogP contribution >= 0.6 is 27.5 Å². The van der Waals surface area contributed by atoms with Gasteiger partial charge in [0.25, 0.3) is 0 Å². The second-order valence-corrected chi connectivity index (χ2v) is 6.42. The fraction of sp³-hybridized carbons (Fsp3) is 0.571. The van der Waals surface area contributed by atoms with Gasteiger partial charge in [-0.3, -0.25) is 4.90 Å². The Morgan fingerprint density at radius 1 is 1.50 bits per heavy atom. The monoisotopic (exact) mass is 330 g/mol. The molecule has 100 valence electrons. The Balaban J connectivity index is 2.08. The summed E-state index contributed by atoms with van der Waals surface area (Å²) in [5, 5.41) is 0.753. The molecule has 1 aromatic rings. The van der Waals surface area contributed by atoms with Crippen LogP contribution in [-0.4, -0.2) is 25.0 Å². The summed E-state index contributed by atoms with van der Waals surface area (Å²) in [6, 6.07) is 6.37. The maximum atomic E-state index is 6.16. The summed E-state index contributed by atoms with van der Waals surface area (Å²) < 4.78 is 0.935. The predicted octanol–water partition coefficient (Wildman–Crippen LogP) is 3.83. The molecule has 1 saturated carbocycles. The summed E-state index contributed by atoms with van der Waals surface area (Å²) in [7, 11) is 2.16. The first-order valence-electron chi connectivity index (χ1n) is 6.47. The van der Waals surface area contributed by atoms with Crippen LogP contribution in [0.5, 0.6) is 0 Å². The van der Waals surface area contributed by atoms with Crippen LogP contribution in [-0.2, 0) is 0 Å². The molecule has 2 N–H and O–H groups in total. The van der Waals surface area contributed by atoms with Gasteiger partial charge in [-0.2, -0.15) is 0 Å². The highest BCUT2D eigenvalue weighted by molar-refractivity contribution is 9.10. The van der Waals surface area contributed by atoms with Gasteiger partial charge >= 0.3 is 0 Å². The molecule has 1 fully saturated rings. The summed E-state index contributed by atoms with van der Waals surface area (Å²) >= 11 is 9.58. The molecule has 1 atom stereocenters. The van der Waals surface area contributed by atoms with E-state index < -0.39 is 0 Å². The minimum absolute atomic E-state index is 0.260. The lowest BCUT2D eigenvalue weighted by molar-refractivity contribution is 0.165. The minimum Gasteiger partial charge on any atom is -0.329 e. The Kier molecular flexibility index (Phi) is 5.07. The first-order chi connectivity index (χ1) is 8.61. The van der Waals surface area contributed by atoms with Crippen molar-refractivity contribution in [3.63, 3.8) is 0 Å². The Labute approximate surface area is 123 Å². The minimum atomic E-state index is 0.260. The zero-order chi connectivity index (χ0) is 13.1. The normalized spacial score (nSPS) is 17.8. The molecule has 0 heterocycles. The van der Waals surface area contributed by atoms with Crippen LogP contribution in [0.15, 0.2) is 22.7 Å². The molecule has 0 amide bonds. The fourth-order valence-electron chi connectivity index (χ4n) is 2.50. The summed E-state index contributed by atoms with van der Waals surface area (Å²) in [4.78, 5) is 2.36. The van der Waals surface area contributed by atoms with Gasteiger partial charge in [-0.25, -0.2) is 0 Å². The van der Waals surface area contributed by atoms with E-state index in [1.807, 2.05) is 12.1 Å². The second kappa shape index (κ2) is 6.38. The van der Waals surface area contributed by atoms with Crippen molar-refractivity contribution in [3.8, 4) is 0 Å². The van der Waals surface area contributed by atoms with E-state index in [1.165, 1.54) is 24.8 Å². The van der Waals surface area contributed by atoms with Gasteiger partial charge in [0, 0.05) is 23.6 Å². The smallest absolute Gasteiger partial charge is 0.0551 e. The van der Waals surface area contributed by atoms with Gasteiger partial charge < -0.3 is 5.73 Å². The average molecular weight is 332 g/mol. The molecule has 0 spiro atoms. The van der Waals surface area contributed by atoms with Crippen molar-refractivity contribution in [3.05, 3.63) is 33.3 Å². The van der Waals surface area contributed by atoms with Gasteiger partial charge in [-0.05, 0) is 59.4 Å². The summed E-state index contributed by atoms with van der Waals surface area (Å²) in [6.45, 7) is 1.76. The van der Waals surface area contributed by atoms with Crippen LogP contribution in [0.25, 0.3) is 0 Å². The van der Waals surface area contributed by atoms with Gasteiger partial charge in [0.2, 0.25) is 0 Å². The molecule has 1 unspecified atom stereocenters. The van der Waals surface area contributed by atoms with Crippen LogP contribution in [0.1, 0.15) is 30.9 Å². The molecule has 4 heteroatoms. The molecule has 18 heavy (non-hydrogen) atoms. The van der Waals surface area contributed by atoms with Crippen molar-refractivity contribution >= 4 is 27.5 Å². The Morgan fingerprint density at radius 2 is 2.22 bits per heavy atom. The number of nitrogens with zero attached hydrogens (tertiary/aromatic N) is 1. The van der Waals surface area contributed by atoms with Crippen molar-refractivity contribution in [1.82, 2.24) is 4.90 Å². The lowest BCUT2D eigenvalue weighted by Gasteiger charge is -2.34. The number of rotatable bonds is 5. The van der Waals surface area contributed by atoms with E-state index in [9.17, 15) is 0 Å². The first-order valence-corrected chi connectivity index (χ1v) is 7.64. The van der Waals surface area contributed by atoms with E-state index in [0.29, 0.717) is 6.54 Å². The van der Waals surface area contributed by atoms with Gasteiger partial charge in [0.05, 0.1) is 5.02 Å². The third-order valence-corrected chi connectivity index (χ3v) is 5.09. The van der Waals surface area contributed by atoms with E-state index >= 15 is 0 Å². The topological polar surface area (TPSA) is 29.3 Å². The van der Waals surface area contributed by atoms with E-state index in [-0.39, 0.29) is 6.04 Å². The highest BCUT2D eigenvalue weighted by Gasteiger charge is 2.23. The lowest BCUT2D eigenvalue weighted by Crippen LogP contribution is -2.36. The Bertz CT molecular complexity index is 407. The molecular formula is C14H20BrClN2. The van der Waals surface area contributed by atoms with Crippen LogP contribution in [0.3, 0.4) is 0 Å². The van der Waals surface area contributed by atoms with Crippen molar-refractivity contribution in [2.75, 3.05) is 20.1 Å². The van der Waals surface area contributed by atoms with Crippen LogP contribution in [0.2, 0.25) is 5.02 Å². The van der Waals surface area contributed by atoms with Crippen molar-refractivity contribution in [2.24, 2.45) is 11.7 Å². The molecule has 0 radical (unpaired) electrons. The maximum Gasteiger partial charge on any atom is 0.0551 e. The van der Waals surface area contributed by atoms with Gasteiger partial charge in [0.15, 0.2) is 0 Å². The zero-order valence-electron chi connectivity index (χ0n) is 10.7. The number of likely N-dealkylation sites (N-methyl/N-ethyl adjacent to an activating group) is 1. The molecule has 0 saturated heterocycles. The Hall–Kier alpha value is -0.0900. The van der Waals surface area contributed by atoms with E-state index in [1.54, 1.807) is 0 Å². The summed E-state index contributed by atoms with van der Waals surface area (Å²) in [6.07, 6.45) is 4.11. The van der Waals surface area contributed by atoms with Gasteiger partial charge in [-0.1, -0.05) is 24.1 Å². The molecule has 1 aliphatic rings. The summed E-state index contributed by atoms with van der Waals surface area (Å²) in [5.41, 5.74) is 7.13. The zero-order valence-corrected chi connectivity index (χ0v) is 13.0. The molecule has 1 aliphatic carbocycles. The highest BCUT2D eigenvalue weighted by atomic mass is 79.9. The quantitative estimate of drug-likeness (QED) is 0.888. The Morgan fingerprint density at radius 3 is 2.72 bits per heavy atom. The first kappa shape index (κ1) is 14.3. The number of hydrogen-bond acceptors (Lipinski definition) is 2. The number of nitrogens with two attached hydrogens (primary N) is 1. The van der Waals surface area contributed by atoms with E-state index in [4.69, 9.17) is 17.3 Å². The second-order valence-electron chi connectivity index (χ2n) is 5.16. The molecule has 0 bridgehead atoms. The molecular weight excluding hydrogens is 312 g/mol. The van der Waals surface area contributed by atoms with Crippen molar-refractivity contribution in [1.29, 1.82) is 0 Å². The van der Waals surface area contributed by atoms with Crippen molar-refractivity contribution < 1.29 is 0 Å². The third kappa shape index (κ3) is 3.27. The van der Waals surface area contributed by atoms with Gasteiger partial charge in [0.1, 0.15) is 0 Å². The van der Waals surface area contributed by atoms with Crippen LogP contribution < -0.4 is 5.73 Å². The largest absolute Gasteiger partial charge is 0.329 e. The average Bonchev–Trinajstić information content (AvgIpc) is 2.29. The van der Waals surface area contributed by atoms with E-state index in [0.717, 1.165) is 22.0 Å². The molecule has 0 aromatic heterocycles. The van der Waals surface area contributed by atoms with Gasteiger partial charge in [-0.15, -0.1) is 0 Å². The fourth-order valence-corrected chi connectivity index (χ4v) is 2.94. The van der Waals surface area contributed by atoms with Crippen LogP contribution in [0.4, 0.5) is 0 Å². The maximum absolute atomic E-state index is 6.16. The predicted molar refractivity (Wildman–Crippen MR) is 80.9 cm³/mol. The SMILES string of the molecule is CN(CC1CCC1)C(CN)c1ccc(Br)c(Cl)c1. The molecule has 0 aliphatic heterocycles. The van der Waals surface area contributed by atoms with Crippen molar-refractivity contribution in [2.45, 2.75) is 25.3 Å². The lowest BCUT2D eigenvalue weighted by atomic mass is 9.85. The highest BCUT2D eigenvalue weighted by Crippen LogP contribution is 2.31. The molecule has 2 nitrogen and oxygen atoms in total. The number of hydrogen-bond donors (Lipinski definition) is 1. The number of benzene rings is 1. The molecule has 1 aromatic carbocycles. The summed E-state index contributed by atoms with van der Waals surface area (Å²) in [5.74, 6) is 0.856. The molecule has 2 rings (SSSR count).